The van der Waals surface area contributed by atoms with Crippen LogP contribution in [0.5, 0.6) is 0 Å². The molecule has 0 atom stereocenters. The Bertz CT molecular complexity index is 573. The van der Waals surface area contributed by atoms with E-state index in [1.54, 1.807) is 0 Å². The maximum atomic E-state index is 5.79. The number of ether oxygens (including phenoxy) is 1. The van der Waals surface area contributed by atoms with Crippen LogP contribution in [0.4, 0.5) is 0 Å². The summed E-state index contributed by atoms with van der Waals surface area (Å²) in [5.41, 5.74) is 2.28. The lowest BCUT2D eigenvalue weighted by Crippen LogP contribution is -2.37. The highest BCUT2D eigenvalue weighted by Gasteiger charge is 2.11. The number of hydrogen-bond acceptors (Lipinski definition) is 4. The third-order valence-electron chi connectivity index (χ3n) is 4.13. The lowest BCUT2D eigenvalue weighted by atomic mass is 10.1. The molecule has 1 N–H and O–H groups in total. The van der Waals surface area contributed by atoms with Crippen molar-refractivity contribution in [2.24, 2.45) is 0 Å². The zero-order valence-corrected chi connectivity index (χ0v) is 12.7. The fourth-order valence-corrected chi connectivity index (χ4v) is 2.91. The third kappa shape index (κ3) is 3.64. The van der Waals surface area contributed by atoms with Gasteiger partial charge in [0.05, 0.1) is 13.2 Å². The molecule has 1 fully saturated rings. The molecule has 0 bridgehead atoms. The molecule has 1 aliphatic rings. The van der Waals surface area contributed by atoms with Crippen molar-refractivity contribution < 1.29 is 9.15 Å². The SMILES string of the molecule is Cc1oc2ccccc2c1CNCCCN1CCOCC1. The minimum atomic E-state index is 0.881. The number of rotatable bonds is 6. The van der Waals surface area contributed by atoms with Gasteiger partial charge in [0.25, 0.3) is 0 Å². The van der Waals surface area contributed by atoms with Crippen LogP contribution < -0.4 is 5.32 Å². The summed E-state index contributed by atoms with van der Waals surface area (Å²) in [6.45, 7) is 9.03. The molecule has 0 unspecified atom stereocenters. The molecule has 1 aromatic heterocycles. The van der Waals surface area contributed by atoms with Gasteiger partial charge in [-0.15, -0.1) is 0 Å². The Hall–Kier alpha value is -1.36. The maximum Gasteiger partial charge on any atom is 0.134 e. The summed E-state index contributed by atoms with van der Waals surface area (Å²) in [4.78, 5) is 2.48. The van der Waals surface area contributed by atoms with Gasteiger partial charge >= 0.3 is 0 Å². The van der Waals surface area contributed by atoms with Gasteiger partial charge in [-0.05, 0) is 32.5 Å². The Morgan fingerprint density at radius 3 is 2.86 bits per heavy atom. The van der Waals surface area contributed by atoms with Gasteiger partial charge in [-0.1, -0.05) is 18.2 Å². The van der Waals surface area contributed by atoms with Crippen LogP contribution in [0.3, 0.4) is 0 Å². The second-order valence-corrected chi connectivity index (χ2v) is 5.62. The van der Waals surface area contributed by atoms with E-state index in [1.165, 1.54) is 17.4 Å². The highest BCUT2D eigenvalue weighted by molar-refractivity contribution is 5.82. The normalized spacial score (nSPS) is 16.6. The first-order chi connectivity index (χ1) is 10.3. The van der Waals surface area contributed by atoms with E-state index in [4.69, 9.17) is 9.15 Å². The highest BCUT2D eigenvalue weighted by Crippen LogP contribution is 2.24. The predicted octanol–water partition coefficient (Wildman–Crippen LogP) is 2.55. The summed E-state index contributed by atoms with van der Waals surface area (Å²) >= 11 is 0. The molecule has 2 aromatic rings. The van der Waals surface area contributed by atoms with Gasteiger partial charge in [0.15, 0.2) is 0 Å². The van der Waals surface area contributed by atoms with Crippen molar-refractivity contribution >= 4 is 11.0 Å². The number of nitrogens with one attached hydrogen (secondary N) is 1. The van der Waals surface area contributed by atoms with Crippen molar-refractivity contribution in [3.63, 3.8) is 0 Å². The second-order valence-electron chi connectivity index (χ2n) is 5.62. The summed E-state index contributed by atoms with van der Waals surface area (Å²) in [7, 11) is 0. The summed E-state index contributed by atoms with van der Waals surface area (Å²) < 4.78 is 11.2. The van der Waals surface area contributed by atoms with E-state index >= 15 is 0 Å². The predicted molar refractivity (Wildman–Crippen MR) is 84.5 cm³/mol. The van der Waals surface area contributed by atoms with Crippen molar-refractivity contribution in [3.05, 3.63) is 35.6 Å². The van der Waals surface area contributed by atoms with E-state index in [-0.39, 0.29) is 0 Å². The van der Waals surface area contributed by atoms with Crippen molar-refractivity contribution in [1.29, 1.82) is 0 Å². The molecule has 4 nitrogen and oxygen atoms in total. The lowest BCUT2D eigenvalue weighted by Gasteiger charge is -2.26. The summed E-state index contributed by atoms with van der Waals surface area (Å²) in [5.74, 6) is 1.02. The average Bonchev–Trinajstić information content (AvgIpc) is 2.84. The van der Waals surface area contributed by atoms with Crippen molar-refractivity contribution in [2.45, 2.75) is 19.9 Å². The average molecular weight is 288 g/mol. The van der Waals surface area contributed by atoms with Crippen molar-refractivity contribution in [3.8, 4) is 0 Å². The number of para-hydroxylation sites is 1. The van der Waals surface area contributed by atoms with Gasteiger partial charge in [-0.2, -0.15) is 0 Å². The monoisotopic (exact) mass is 288 g/mol. The minimum Gasteiger partial charge on any atom is -0.461 e. The largest absolute Gasteiger partial charge is 0.461 e. The van der Waals surface area contributed by atoms with Crippen molar-refractivity contribution in [2.75, 3.05) is 39.4 Å². The van der Waals surface area contributed by atoms with Crippen molar-refractivity contribution in [1.82, 2.24) is 10.2 Å². The van der Waals surface area contributed by atoms with E-state index in [0.29, 0.717) is 0 Å². The van der Waals surface area contributed by atoms with Gasteiger partial charge < -0.3 is 14.5 Å². The fraction of sp³-hybridized carbons (Fsp3) is 0.529. The molecule has 1 aliphatic heterocycles. The number of hydrogen-bond donors (Lipinski definition) is 1. The third-order valence-corrected chi connectivity index (χ3v) is 4.13. The van der Waals surface area contributed by atoms with E-state index in [9.17, 15) is 0 Å². The van der Waals surface area contributed by atoms with Crippen LogP contribution in [0.2, 0.25) is 0 Å². The lowest BCUT2D eigenvalue weighted by molar-refractivity contribution is 0.0374. The zero-order chi connectivity index (χ0) is 14.5. The van der Waals surface area contributed by atoms with E-state index in [1.807, 2.05) is 19.1 Å². The Labute approximate surface area is 126 Å². The molecule has 1 aromatic carbocycles. The van der Waals surface area contributed by atoms with Gasteiger partial charge in [0, 0.05) is 30.6 Å². The molecule has 4 heteroatoms. The Balaban J connectivity index is 1.45. The molecular weight excluding hydrogens is 264 g/mol. The minimum absolute atomic E-state index is 0.881. The topological polar surface area (TPSA) is 37.6 Å². The summed E-state index contributed by atoms with van der Waals surface area (Å²) in [6, 6.07) is 8.25. The number of morpholine rings is 1. The van der Waals surface area contributed by atoms with Crippen LogP contribution in [0, 0.1) is 6.92 Å². The van der Waals surface area contributed by atoms with Crippen LogP contribution >= 0.6 is 0 Å². The zero-order valence-electron chi connectivity index (χ0n) is 12.7. The molecule has 114 valence electrons. The highest BCUT2D eigenvalue weighted by atomic mass is 16.5. The first-order valence-electron chi connectivity index (χ1n) is 7.82. The first kappa shape index (κ1) is 14.6. The molecule has 0 aliphatic carbocycles. The first-order valence-corrected chi connectivity index (χ1v) is 7.82. The number of fused-ring (bicyclic) bond motifs is 1. The Morgan fingerprint density at radius 2 is 2.00 bits per heavy atom. The van der Waals surface area contributed by atoms with Gasteiger partial charge in [-0.25, -0.2) is 0 Å². The van der Waals surface area contributed by atoms with E-state index in [2.05, 4.69) is 22.3 Å². The van der Waals surface area contributed by atoms with Crippen LogP contribution in [0.25, 0.3) is 11.0 Å². The number of aryl methyl sites for hydroxylation is 1. The van der Waals surface area contributed by atoms with Crippen LogP contribution in [0.15, 0.2) is 28.7 Å². The molecule has 1 saturated heterocycles. The fourth-order valence-electron chi connectivity index (χ4n) is 2.91. The molecule has 2 heterocycles. The number of benzene rings is 1. The number of nitrogens with zero attached hydrogens (tertiary/aromatic N) is 1. The molecule has 0 radical (unpaired) electrons. The quantitative estimate of drug-likeness (QED) is 0.829. The Morgan fingerprint density at radius 1 is 1.19 bits per heavy atom. The van der Waals surface area contributed by atoms with E-state index in [0.717, 1.165) is 57.3 Å². The molecule has 21 heavy (non-hydrogen) atoms. The number of furan rings is 1. The Kier molecular flexibility index (Phi) is 4.91. The van der Waals surface area contributed by atoms with Crippen LogP contribution in [-0.4, -0.2) is 44.3 Å². The smallest absolute Gasteiger partial charge is 0.134 e. The standard InChI is InChI=1S/C17H24N2O2/c1-14-16(15-5-2-3-6-17(15)21-14)13-18-7-4-8-19-9-11-20-12-10-19/h2-3,5-6,18H,4,7-13H2,1H3. The van der Waals surface area contributed by atoms with Gasteiger partial charge in [0.2, 0.25) is 0 Å². The van der Waals surface area contributed by atoms with Crippen LogP contribution in [0.1, 0.15) is 17.7 Å². The second kappa shape index (κ2) is 7.07. The molecule has 3 rings (SSSR count). The summed E-state index contributed by atoms with van der Waals surface area (Å²) in [5, 5.41) is 4.77. The summed E-state index contributed by atoms with van der Waals surface area (Å²) in [6.07, 6.45) is 1.18. The van der Waals surface area contributed by atoms with Gasteiger partial charge in [-0.3, -0.25) is 4.90 Å². The van der Waals surface area contributed by atoms with E-state index < -0.39 is 0 Å². The van der Waals surface area contributed by atoms with Crippen LogP contribution in [-0.2, 0) is 11.3 Å². The molecule has 0 amide bonds. The molecule has 0 saturated carbocycles. The maximum absolute atomic E-state index is 5.79. The molecule has 0 spiro atoms. The molecular formula is C17H24N2O2. The van der Waals surface area contributed by atoms with Gasteiger partial charge in [0.1, 0.15) is 11.3 Å².